The predicted octanol–water partition coefficient (Wildman–Crippen LogP) is 3.91. The highest BCUT2D eigenvalue weighted by molar-refractivity contribution is 7.92. The monoisotopic (exact) mass is 470 g/mol. The van der Waals surface area contributed by atoms with Crippen molar-refractivity contribution in [2.45, 2.75) is 25.2 Å². The minimum atomic E-state index is -3.81. The average molecular weight is 471 g/mol. The summed E-state index contributed by atoms with van der Waals surface area (Å²) in [6, 6.07) is 11.8. The van der Waals surface area contributed by atoms with Crippen LogP contribution in [0.5, 0.6) is 0 Å². The molecule has 32 heavy (non-hydrogen) atoms. The first-order valence-corrected chi connectivity index (χ1v) is 12.8. The predicted molar refractivity (Wildman–Crippen MR) is 128 cm³/mol. The Morgan fingerprint density at radius 2 is 1.81 bits per heavy atom. The first-order chi connectivity index (χ1) is 15.3. The van der Waals surface area contributed by atoms with Gasteiger partial charge in [0.1, 0.15) is 0 Å². The molecule has 0 atom stereocenters. The van der Waals surface area contributed by atoms with Gasteiger partial charge < -0.3 is 9.80 Å². The van der Waals surface area contributed by atoms with Gasteiger partial charge in [0.2, 0.25) is 0 Å². The molecule has 7 nitrogen and oxygen atoms in total. The third kappa shape index (κ3) is 4.94. The zero-order valence-electron chi connectivity index (χ0n) is 18.1. The van der Waals surface area contributed by atoms with Crippen LogP contribution in [-0.4, -0.2) is 50.4 Å². The molecule has 0 saturated carbocycles. The number of hydrogen-bond donors (Lipinski definition) is 1. The third-order valence-electron chi connectivity index (χ3n) is 5.53. The van der Waals surface area contributed by atoms with Gasteiger partial charge in [-0.3, -0.25) is 9.52 Å². The summed E-state index contributed by atoms with van der Waals surface area (Å²) in [6.45, 7) is 6.50. The van der Waals surface area contributed by atoms with Gasteiger partial charge in [0.15, 0.2) is 5.13 Å². The molecule has 3 aromatic rings. The van der Waals surface area contributed by atoms with E-state index in [0.717, 1.165) is 29.2 Å². The summed E-state index contributed by atoms with van der Waals surface area (Å²) in [5.41, 5.74) is 2.70. The standard InChI is InChI=1S/C23H26N4O3S2/c1-17-4-7-19(8-5-17)25-32(29,30)20-9-6-18(2)21(16-20)22(28)26-11-3-12-27(14-13-26)23-24-10-15-31-23/h4-10,15-16,25H,3,11-14H2,1-2H3. The van der Waals surface area contributed by atoms with Crippen molar-refractivity contribution in [3.8, 4) is 0 Å². The molecule has 2 heterocycles. The number of carbonyl (C=O) groups excluding carboxylic acids is 1. The van der Waals surface area contributed by atoms with Crippen LogP contribution in [0, 0.1) is 13.8 Å². The Morgan fingerprint density at radius 3 is 2.53 bits per heavy atom. The summed E-state index contributed by atoms with van der Waals surface area (Å²) in [5, 5.41) is 2.91. The van der Waals surface area contributed by atoms with Crippen LogP contribution in [0.3, 0.4) is 0 Å². The fraction of sp³-hybridized carbons (Fsp3) is 0.304. The molecule has 1 N–H and O–H groups in total. The van der Waals surface area contributed by atoms with Crippen LogP contribution in [0.15, 0.2) is 58.9 Å². The summed E-state index contributed by atoms with van der Waals surface area (Å²) in [6.07, 6.45) is 2.62. The number of thiazole rings is 1. The first kappa shape index (κ1) is 22.3. The number of amides is 1. The number of nitrogens with zero attached hydrogens (tertiary/aromatic N) is 3. The van der Waals surface area contributed by atoms with E-state index in [0.29, 0.717) is 30.9 Å². The summed E-state index contributed by atoms with van der Waals surface area (Å²) in [7, 11) is -3.81. The number of benzene rings is 2. The van der Waals surface area contributed by atoms with Crippen molar-refractivity contribution in [2.75, 3.05) is 35.8 Å². The maximum Gasteiger partial charge on any atom is 0.261 e. The van der Waals surface area contributed by atoms with Crippen molar-refractivity contribution < 1.29 is 13.2 Å². The minimum Gasteiger partial charge on any atom is -0.346 e. The molecule has 1 aliphatic rings. The van der Waals surface area contributed by atoms with Gasteiger partial charge in [-0.1, -0.05) is 23.8 Å². The van der Waals surface area contributed by atoms with Crippen molar-refractivity contribution in [1.29, 1.82) is 0 Å². The Bertz CT molecular complexity index is 1190. The Hall–Kier alpha value is -2.91. The van der Waals surface area contributed by atoms with Gasteiger partial charge >= 0.3 is 0 Å². The highest BCUT2D eigenvalue weighted by Gasteiger charge is 2.24. The molecule has 0 aliphatic carbocycles. The van der Waals surface area contributed by atoms with Gasteiger partial charge in [0, 0.05) is 49.0 Å². The molecule has 168 valence electrons. The SMILES string of the molecule is Cc1ccc(NS(=O)(=O)c2ccc(C)c(C(=O)N3CCCN(c4nccs4)CC3)c2)cc1. The van der Waals surface area contributed by atoms with Crippen LogP contribution in [0.4, 0.5) is 10.8 Å². The molecular formula is C23H26N4O3S2. The minimum absolute atomic E-state index is 0.0752. The Labute approximate surface area is 192 Å². The fourth-order valence-corrected chi connectivity index (χ4v) is 5.47. The Morgan fingerprint density at radius 1 is 1.03 bits per heavy atom. The van der Waals surface area contributed by atoms with Crippen molar-refractivity contribution in [1.82, 2.24) is 9.88 Å². The molecule has 1 saturated heterocycles. The largest absolute Gasteiger partial charge is 0.346 e. The topological polar surface area (TPSA) is 82.6 Å². The van der Waals surface area contributed by atoms with E-state index in [1.807, 2.05) is 31.4 Å². The van der Waals surface area contributed by atoms with Crippen LogP contribution >= 0.6 is 11.3 Å². The van der Waals surface area contributed by atoms with Gasteiger partial charge in [-0.2, -0.15) is 0 Å². The number of aryl methyl sites for hydroxylation is 2. The lowest BCUT2D eigenvalue weighted by molar-refractivity contribution is 0.0766. The molecule has 0 bridgehead atoms. The quantitative estimate of drug-likeness (QED) is 0.611. The van der Waals surface area contributed by atoms with E-state index in [-0.39, 0.29) is 10.8 Å². The maximum absolute atomic E-state index is 13.3. The van der Waals surface area contributed by atoms with Gasteiger partial charge in [0.25, 0.3) is 15.9 Å². The normalized spacial score (nSPS) is 14.8. The van der Waals surface area contributed by atoms with Crippen molar-refractivity contribution in [3.05, 3.63) is 70.7 Å². The highest BCUT2D eigenvalue weighted by atomic mass is 32.2. The van der Waals surface area contributed by atoms with Crippen LogP contribution in [0.2, 0.25) is 0 Å². The van der Waals surface area contributed by atoms with Gasteiger partial charge in [0.05, 0.1) is 4.90 Å². The number of sulfonamides is 1. The molecule has 4 rings (SSSR count). The summed E-state index contributed by atoms with van der Waals surface area (Å²) >= 11 is 1.59. The number of carbonyl (C=O) groups is 1. The molecule has 9 heteroatoms. The molecule has 0 unspecified atom stereocenters. The zero-order chi connectivity index (χ0) is 22.7. The lowest BCUT2D eigenvalue weighted by Crippen LogP contribution is -2.35. The van der Waals surface area contributed by atoms with Crippen LogP contribution < -0.4 is 9.62 Å². The number of nitrogens with one attached hydrogen (secondary N) is 1. The highest BCUT2D eigenvalue weighted by Crippen LogP contribution is 2.23. The van der Waals surface area contributed by atoms with E-state index in [4.69, 9.17) is 0 Å². The molecule has 0 radical (unpaired) electrons. The van der Waals surface area contributed by atoms with E-state index in [9.17, 15) is 13.2 Å². The lowest BCUT2D eigenvalue weighted by atomic mass is 10.1. The van der Waals surface area contributed by atoms with Gasteiger partial charge in [-0.15, -0.1) is 11.3 Å². The van der Waals surface area contributed by atoms with E-state index < -0.39 is 10.0 Å². The maximum atomic E-state index is 13.3. The number of anilines is 2. The van der Waals surface area contributed by atoms with Crippen LogP contribution in [-0.2, 0) is 10.0 Å². The third-order valence-corrected chi connectivity index (χ3v) is 7.74. The molecule has 1 aliphatic heterocycles. The van der Waals surface area contributed by atoms with E-state index in [1.165, 1.54) is 12.1 Å². The molecule has 1 amide bonds. The molecule has 0 spiro atoms. The summed E-state index contributed by atoms with van der Waals surface area (Å²) in [4.78, 5) is 21.8. The van der Waals surface area contributed by atoms with Crippen LogP contribution in [0.25, 0.3) is 0 Å². The fourth-order valence-electron chi connectivity index (χ4n) is 3.69. The summed E-state index contributed by atoms with van der Waals surface area (Å²) in [5.74, 6) is -0.143. The Balaban J connectivity index is 1.53. The molecule has 1 fully saturated rings. The van der Waals surface area contributed by atoms with Crippen LogP contribution in [0.1, 0.15) is 27.9 Å². The van der Waals surface area contributed by atoms with Gasteiger partial charge in [-0.05, 0) is 50.1 Å². The second-order valence-corrected chi connectivity index (χ2v) is 10.5. The Kier molecular flexibility index (Phi) is 6.48. The summed E-state index contributed by atoms with van der Waals surface area (Å²) < 4.78 is 28.5. The van der Waals surface area contributed by atoms with E-state index in [1.54, 1.807) is 40.6 Å². The smallest absolute Gasteiger partial charge is 0.261 e. The second kappa shape index (κ2) is 9.30. The van der Waals surface area contributed by atoms with Crippen molar-refractivity contribution >= 4 is 38.1 Å². The van der Waals surface area contributed by atoms with E-state index >= 15 is 0 Å². The molecule has 1 aromatic heterocycles. The first-order valence-electron chi connectivity index (χ1n) is 10.5. The average Bonchev–Trinajstić information content (AvgIpc) is 3.19. The zero-order valence-corrected chi connectivity index (χ0v) is 19.7. The number of aromatic nitrogens is 1. The molecule has 2 aromatic carbocycles. The number of hydrogen-bond acceptors (Lipinski definition) is 6. The van der Waals surface area contributed by atoms with Gasteiger partial charge in [-0.25, -0.2) is 13.4 Å². The van der Waals surface area contributed by atoms with E-state index in [2.05, 4.69) is 14.6 Å². The van der Waals surface area contributed by atoms with Crippen molar-refractivity contribution in [2.24, 2.45) is 0 Å². The second-order valence-electron chi connectivity index (χ2n) is 7.90. The molecular weight excluding hydrogens is 444 g/mol. The van der Waals surface area contributed by atoms with Crippen molar-refractivity contribution in [3.63, 3.8) is 0 Å². The number of rotatable bonds is 5. The lowest BCUT2D eigenvalue weighted by Gasteiger charge is -2.22.